The van der Waals surface area contributed by atoms with Gasteiger partial charge in [0.25, 0.3) is 0 Å². The predicted octanol–water partition coefficient (Wildman–Crippen LogP) is -0.606. The van der Waals surface area contributed by atoms with E-state index in [4.69, 9.17) is 4.74 Å². The molecule has 1 amide bonds. The quantitative estimate of drug-likeness (QED) is 0.700. The lowest BCUT2D eigenvalue weighted by Gasteiger charge is -2.42. The Balaban J connectivity index is 2.03. The average molecular weight is 242 g/mol. The molecule has 0 bridgehead atoms. The number of amides is 1. The van der Waals surface area contributed by atoms with E-state index in [9.17, 15) is 14.7 Å². The molecule has 2 aliphatic heterocycles. The molecule has 17 heavy (non-hydrogen) atoms. The molecular weight excluding hydrogens is 224 g/mol. The van der Waals surface area contributed by atoms with Crippen LogP contribution in [0.5, 0.6) is 0 Å². The van der Waals surface area contributed by atoms with Crippen LogP contribution in [0.25, 0.3) is 0 Å². The first-order valence-corrected chi connectivity index (χ1v) is 5.88. The molecule has 2 heterocycles. The second-order valence-corrected chi connectivity index (χ2v) is 4.63. The number of carboxylic acids is 1. The molecule has 2 saturated heterocycles. The molecule has 0 aliphatic carbocycles. The summed E-state index contributed by atoms with van der Waals surface area (Å²) in [5.41, 5.74) is -0.872. The Hall–Kier alpha value is -1.14. The lowest BCUT2D eigenvalue weighted by molar-refractivity contribution is -0.153. The smallest absolute Gasteiger partial charge is 0.326 e. The summed E-state index contributed by atoms with van der Waals surface area (Å²) in [5.74, 6) is -0.761. The van der Waals surface area contributed by atoms with Crippen LogP contribution in [0.15, 0.2) is 0 Å². The van der Waals surface area contributed by atoms with Crippen molar-refractivity contribution in [3.8, 4) is 0 Å². The van der Waals surface area contributed by atoms with Gasteiger partial charge < -0.3 is 14.7 Å². The molecular formula is C11H18N2O4. The Bertz CT molecular complexity index is 317. The minimum atomic E-state index is -0.872. The topological polar surface area (TPSA) is 70.1 Å². The lowest BCUT2D eigenvalue weighted by atomic mass is 9.95. The number of carbonyl (C=O) groups is 2. The maximum absolute atomic E-state index is 11.4. The van der Waals surface area contributed by atoms with E-state index in [0.717, 1.165) is 0 Å². The number of carbonyl (C=O) groups excluding carboxylic acids is 1. The van der Waals surface area contributed by atoms with E-state index in [1.807, 2.05) is 4.90 Å². The fourth-order valence-corrected chi connectivity index (χ4v) is 2.56. The van der Waals surface area contributed by atoms with E-state index in [1.165, 1.54) is 0 Å². The SMILES string of the molecule is CC(=O)N1CCN(C2(C(=O)O)CCOC2)CC1. The van der Waals surface area contributed by atoms with E-state index in [2.05, 4.69) is 0 Å². The van der Waals surface area contributed by atoms with Crippen molar-refractivity contribution in [3.63, 3.8) is 0 Å². The number of rotatable bonds is 2. The highest BCUT2D eigenvalue weighted by Crippen LogP contribution is 2.27. The molecule has 6 nitrogen and oxygen atoms in total. The summed E-state index contributed by atoms with van der Waals surface area (Å²) in [7, 11) is 0. The molecule has 0 aromatic carbocycles. The predicted molar refractivity (Wildman–Crippen MR) is 59.6 cm³/mol. The highest BCUT2D eigenvalue weighted by molar-refractivity contribution is 5.79. The van der Waals surface area contributed by atoms with Crippen LogP contribution in [0.1, 0.15) is 13.3 Å². The molecule has 0 aromatic heterocycles. The van der Waals surface area contributed by atoms with Gasteiger partial charge in [-0.3, -0.25) is 14.5 Å². The molecule has 1 unspecified atom stereocenters. The minimum absolute atomic E-state index is 0.0525. The average Bonchev–Trinajstić information content (AvgIpc) is 2.79. The lowest BCUT2D eigenvalue weighted by Crippen LogP contribution is -2.61. The van der Waals surface area contributed by atoms with Crippen LogP contribution in [0.4, 0.5) is 0 Å². The van der Waals surface area contributed by atoms with Crippen molar-refractivity contribution in [2.45, 2.75) is 18.9 Å². The first kappa shape index (κ1) is 12.3. The van der Waals surface area contributed by atoms with Crippen molar-refractivity contribution >= 4 is 11.9 Å². The van der Waals surface area contributed by atoms with Gasteiger partial charge in [-0.15, -0.1) is 0 Å². The summed E-state index contributed by atoms with van der Waals surface area (Å²) >= 11 is 0. The molecule has 0 aromatic rings. The summed E-state index contributed by atoms with van der Waals surface area (Å²) in [5, 5.41) is 9.39. The van der Waals surface area contributed by atoms with Crippen LogP contribution in [0, 0.1) is 0 Å². The van der Waals surface area contributed by atoms with Crippen molar-refractivity contribution in [3.05, 3.63) is 0 Å². The molecule has 2 fully saturated rings. The van der Waals surface area contributed by atoms with E-state index >= 15 is 0 Å². The van der Waals surface area contributed by atoms with Gasteiger partial charge >= 0.3 is 5.97 Å². The third-order valence-electron chi connectivity index (χ3n) is 3.73. The van der Waals surface area contributed by atoms with Crippen LogP contribution in [0.2, 0.25) is 0 Å². The van der Waals surface area contributed by atoms with Gasteiger partial charge in [-0.1, -0.05) is 0 Å². The standard InChI is InChI=1S/C11H18N2O4/c1-9(14)12-3-5-13(6-4-12)11(10(15)16)2-7-17-8-11/h2-8H2,1H3,(H,15,16). The highest BCUT2D eigenvalue weighted by atomic mass is 16.5. The Labute approximate surface area is 100 Å². The van der Waals surface area contributed by atoms with Crippen molar-refractivity contribution in [2.75, 3.05) is 39.4 Å². The molecule has 1 atom stereocenters. The van der Waals surface area contributed by atoms with E-state index in [0.29, 0.717) is 39.2 Å². The second kappa shape index (κ2) is 4.62. The van der Waals surface area contributed by atoms with Gasteiger partial charge in [0.1, 0.15) is 5.54 Å². The van der Waals surface area contributed by atoms with Gasteiger partial charge in [0.2, 0.25) is 5.91 Å². The summed E-state index contributed by atoms with van der Waals surface area (Å²) in [4.78, 5) is 26.3. The number of nitrogens with zero attached hydrogens (tertiary/aromatic N) is 2. The first-order chi connectivity index (χ1) is 8.06. The molecule has 2 aliphatic rings. The van der Waals surface area contributed by atoms with E-state index < -0.39 is 11.5 Å². The van der Waals surface area contributed by atoms with Gasteiger partial charge in [-0.05, 0) is 0 Å². The summed E-state index contributed by atoms with van der Waals surface area (Å²) in [6, 6.07) is 0. The number of hydrogen-bond acceptors (Lipinski definition) is 4. The van der Waals surface area contributed by atoms with E-state index in [1.54, 1.807) is 11.8 Å². The highest BCUT2D eigenvalue weighted by Gasteiger charge is 2.48. The molecule has 96 valence electrons. The molecule has 1 N–H and O–H groups in total. The normalized spacial score (nSPS) is 30.5. The maximum atomic E-state index is 11.4. The molecule has 0 saturated carbocycles. The van der Waals surface area contributed by atoms with Crippen LogP contribution in [-0.4, -0.2) is 71.7 Å². The fourth-order valence-electron chi connectivity index (χ4n) is 2.56. The second-order valence-electron chi connectivity index (χ2n) is 4.63. The summed E-state index contributed by atoms with van der Waals surface area (Å²) in [6.45, 7) is 4.71. The molecule has 0 radical (unpaired) electrons. The maximum Gasteiger partial charge on any atom is 0.326 e. The third kappa shape index (κ3) is 2.14. The summed E-state index contributed by atoms with van der Waals surface area (Å²) < 4.78 is 5.25. The van der Waals surface area contributed by atoms with Crippen LogP contribution in [-0.2, 0) is 14.3 Å². The third-order valence-corrected chi connectivity index (χ3v) is 3.73. The van der Waals surface area contributed by atoms with Crippen LogP contribution < -0.4 is 0 Å². The Morgan fingerprint density at radius 1 is 1.24 bits per heavy atom. The molecule has 0 spiro atoms. The van der Waals surface area contributed by atoms with Gasteiger partial charge in [0.05, 0.1) is 6.61 Å². The number of hydrogen-bond donors (Lipinski definition) is 1. The molecule has 6 heteroatoms. The van der Waals surface area contributed by atoms with Crippen LogP contribution in [0.3, 0.4) is 0 Å². The zero-order valence-corrected chi connectivity index (χ0v) is 10.0. The van der Waals surface area contributed by atoms with Gasteiger partial charge in [-0.25, -0.2) is 0 Å². The number of piperazine rings is 1. The fraction of sp³-hybridized carbons (Fsp3) is 0.818. The Kier molecular flexibility index (Phi) is 3.35. The minimum Gasteiger partial charge on any atom is -0.480 e. The van der Waals surface area contributed by atoms with Crippen LogP contribution >= 0.6 is 0 Å². The van der Waals surface area contributed by atoms with Gasteiger partial charge in [0.15, 0.2) is 0 Å². The van der Waals surface area contributed by atoms with Crippen molar-refractivity contribution < 1.29 is 19.4 Å². The van der Waals surface area contributed by atoms with Gasteiger partial charge in [0, 0.05) is 46.1 Å². The number of ether oxygens (including phenoxy) is 1. The van der Waals surface area contributed by atoms with Crippen molar-refractivity contribution in [2.24, 2.45) is 0 Å². The van der Waals surface area contributed by atoms with E-state index in [-0.39, 0.29) is 12.5 Å². The van der Waals surface area contributed by atoms with Gasteiger partial charge in [-0.2, -0.15) is 0 Å². The largest absolute Gasteiger partial charge is 0.480 e. The zero-order valence-electron chi connectivity index (χ0n) is 10.0. The number of carboxylic acid groups (broad SMARTS) is 1. The molecule has 2 rings (SSSR count). The first-order valence-electron chi connectivity index (χ1n) is 5.88. The van der Waals surface area contributed by atoms with Crippen molar-refractivity contribution in [1.29, 1.82) is 0 Å². The monoisotopic (exact) mass is 242 g/mol. The number of aliphatic carboxylic acids is 1. The zero-order chi connectivity index (χ0) is 12.5. The van der Waals surface area contributed by atoms with Crippen molar-refractivity contribution in [1.82, 2.24) is 9.80 Å². The Morgan fingerprint density at radius 2 is 1.88 bits per heavy atom. The Morgan fingerprint density at radius 3 is 2.29 bits per heavy atom. The summed E-state index contributed by atoms with van der Waals surface area (Å²) in [6.07, 6.45) is 0.530.